The fraction of sp³-hybridized carbons (Fsp3) is 0.105. The highest BCUT2D eigenvalue weighted by Gasteiger charge is 2.06. The van der Waals surface area contributed by atoms with E-state index < -0.39 is 0 Å². The average molecular weight is 259 g/mol. The van der Waals surface area contributed by atoms with Crippen LogP contribution in [0.25, 0.3) is 22.4 Å². The van der Waals surface area contributed by atoms with Crippen LogP contribution in [0.1, 0.15) is 11.1 Å². The predicted octanol–water partition coefficient (Wildman–Crippen LogP) is 5.03. The zero-order valence-corrected chi connectivity index (χ0v) is 11.8. The zero-order valence-electron chi connectivity index (χ0n) is 11.8. The Labute approximate surface area is 119 Å². The van der Waals surface area contributed by atoms with Gasteiger partial charge in [-0.15, -0.1) is 0 Å². The molecule has 2 aromatic carbocycles. The van der Waals surface area contributed by atoms with Crippen LogP contribution in [0.15, 0.2) is 66.9 Å². The molecule has 0 saturated carbocycles. The molecule has 0 N–H and O–H groups in total. The van der Waals surface area contributed by atoms with Crippen molar-refractivity contribution in [2.75, 3.05) is 0 Å². The first-order chi connectivity index (χ1) is 9.75. The van der Waals surface area contributed by atoms with Crippen molar-refractivity contribution in [3.63, 3.8) is 0 Å². The highest BCUT2D eigenvalue weighted by molar-refractivity contribution is 5.71. The zero-order chi connectivity index (χ0) is 13.9. The molecular weight excluding hydrogens is 242 g/mol. The summed E-state index contributed by atoms with van der Waals surface area (Å²) in [6.45, 7) is 4.29. The van der Waals surface area contributed by atoms with Crippen molar-refractivity contribution < 1.29 is 0 Å². The summed E-state index contributed by atoms with van der Waals surface area (Å²) < 4.78 is 0. The lowest BCUT2D eigenvalue weighted by molar-refractivity contribution is 1.30. The van der Waals surface area contributed by atoms with Gasteiger partial charge in [-0.3, -0.25) is 4.98 Å². The van der Waals surface area contributed by atoms with E-state index in [0.717, 1.165) is 11.3 Å². The second-order valence-electron chi connectivity index (χ2n) is 5.06. The number of nitrogens with zero attached hydrogens (tertiary/aromatic N) is 1. The van der Waals surface area contributed by atoms with Gasteiger partial charge in [0.2, 0.25) is 0 Å². The summed E-state index contributed by atoms with van der Waals surface area (Å²) in [6, 6.07) is 20.9. The first-order valence-corrected chi connectivity index (χ1v) is 6.84. The third kappa shape index (κ3) is 2.35. The maximum atomic E-state index is 4.61. The summed E-state index contributed by atoms with van der Waals surface area (Å²) in [7, 11) is 0. The fourth-order valence-corrected chi connectivity index (χ4v) is 2.59. The van der Waals surface area contributed by atoms with Crippen LogP contribution in [-0.2, 0) is 0 Å². The molecule has 1 heteroatoms. The third-order valence-corrected chi connectivity index (χ3v) is 3.60. The van der Waals surface area contributed by atoms with Crippen LogP contribution in [0.5, 0.6) is 0 Å². The van der Waals surface area contributed by atoms with Crippen molar-refractivity contribution in [1.82, 2.24) is 4.98 Å². The Balaban J connectivity index is 2.02. The first kappa shape index (κ1) is 12.6. The fourth-order valence-electron chi connectivity index (χ4n) is 2.59. The summed E-state index contributed by atoms with van der Waals surface area (Å²) >= 11 is 0. The lowest BCUT2D eigenvalue weighted by Crippen LogP contribution is -1.90. The van der Waals surface area contributed by atoms with Crippen LogP contribution in [-0.4, -0.2) is 4.98 Å². The molecule has 0 aliphatic carbocycles. The molecule has 3 rings (SSSR count). The van der Waals surface area contributed by atoms with E-state index in [0.29, 0.717) is 0 Å². The van der Waals surface area contributed by atoms with Crippen molar-refractivity contribution in [3.8, 4) is 22.4 Å². The topological polar surface area (TPSA) is 12.9 Å². The molecule has 0 fully saturated rings. The Kier molecular flexibility index (Phi) is 3.34. The summed E-state index contributed by atoms with van der Waals surface area (Å²) in [5.41, 5.74) is 7.22. The van der Waals surface area contributed by atoms with Gasteiger partial charge < -0.3 is 0 Å². The summed E-state index contributed by atoms with van der Waals surface area (Å²) in [6.07, 6.45) is 1.97. The van der Waals surface area contributed by atoms with Gasteiger partial charge in [0.15, 0.2) is 0 Å². The van der Waals surface area contributed by atoms with E-state index in [4.69, 9.17) is 0 Å². The van der Waals surface area contributed by atoms with Gasteiger partial charge in [-0.05, 0) is 36.6 Å². The number of rotatable bonds is 2. The predicted molar refractivity (Wildman–Crippen MR) is 84.6 cm³/mol. The third-order valence-electron chi connectivity index (χ3n) is 3.60. The van der Waals surface area contributed by atoms with Crippen LogP contribution in [0, 0.1) is 13.8 Å². The molecule has 0 bridgehead atoms. The van der Waals surface area contributed by atoms with Gasteiger partial charge in [0, 0.05) is 17.3 Å². The van der Waals surface area contributed by atoms with Crippen LogP contribution in [0.3, 0.4) is 0 Å². The number of aryl methyl sites for hydroxylation is 2. The van der Waals surface area contributed by atoms with Gasteiger partial charge in [0.25, 0.3) is 0 Å². The van der Waals surface area contributed by atoms with Crippen molar-refractivity contribution in [2.24, 2.45) is 0 Å². The van der Waals surface area contributed by atoms with Crippen LogP contribution in [0.4, 0.5) is 0 Å². The minimum atomic E-state index is 1.01. The van der Waals surface area contributed by atoms with E-state index in [2.05, 4.69) is 61.3 Å². The van der Waals surface area contributed by atoms with Crippen molar-refractivity contribution >= 4 is 0 Å². The van der Waals surface area contributed by atoms with Gasteiger partial charge in [-0.25, -0.2) is 0 Å². The summed E-state index contributed by atoms with van der Waals surface area (Å²) in [5.74, 6) is 0. The van der Waals surface area contributed by atoms with Crippen LogP contribution < -0.4 is 0 Å². The molecule has 0 unspecified atom stereocenters. The Morgan fingerprint density at radius 2 is 1.35 bits per heavy atom. The Hall–Kier alpha value is -2.41. The lowest BCUT2D eigenvalue weighted by Gasteiger charge is -2.10. The molecule has 0 saturated heterocycles. The van der Waals surface area contributed by atoms with Crippen molar-refractivity contribution in [2.45, 2.75) is 13.8 Å². The SMILES string of the molecule is Cc1cccc(C)c1-c1ccc(-c2ccccc2)nc1. The molecule has 0 spiro atoms. The van der Waals surface area contributed by atoms with Crippen molar-refractivity contribution in [1.29, 1.82) is 0 Å². The number of hydrogen-bond acceptors (Lipinski definition) is 1. The van der Waals surface area contributed by atoms with Crippen LogP contribution in [0.2, 0.25) is 0 Å². The monoisotopic (exact) mass is 259 g/mol. The molecule has 0 radical (unpaired) electrons. The molecule has 0 aliphatic rings. The van der Waals surface area contributed by atoms with Crippen LogP contribution >= 0.6 is 0 Å². The minimum Gasteiger partial charge on any atom is -0.256 e. The average Bonchev–Trinajstić information content (AvgIpc) is 2.49. The highest BCUT2D eigenvalue weighted by Crippen LogP contribution is 2.27. The normalized spacial score (nSPS) is 10.5. The van der Waals surface area contributed by atoms with Crippen molar-refractivity contribution in [3.05, 3.63) is 78.0 Å². The standard InChI is InChI=1S/C19H17N/c1-14-7-6-8-15(2)19(14)17-11-12-18(20-13-17)16-9-4-3-5-10-16/h3-13H,1-2H3. The number of aromatic nitrogens is 1. The lowest BCUT2D eigenvalue weighted by atomic mass is 9.96. The second kappa shape index (κ2) is 5.30. The van der Waals surface area contributed by atoms with E-state index in [1.165, 1.54) is 22.3 Å². The summed E-state index contributed by atoms with van der Waals surface area (Å²) in [4.78, 5) is 4.61. The van der Waals surface area contributed by atoms with Gasteiger partial charge in [-0.1, -0.05) is 54.6 Å². The van der Waals surface area contributed by atoms with E-state index >= 15 is 0 Å². The van der Waals surface area contributed by atoms with E-state index in [1.807, 2.05) is 24.4 Å². The van der Waals surface area contributed by atoms with E-state index in [9.17, 15) is 0 Å². The quantitative estimate of drug-likeness (QED) is 0.628. The smallest absolute Gasteiger partial charge is 0.0702 e. The molecule has 1 aromatic heterocycles. The van der Waals surface area contributed by atoms with Gasteiger partial charge in [-0.2, -0.15) is 0 Å². The van der Waals surface area contributed by atoms with Gasteiger partial charge in [0.1, 0.15) is 0 Å². The van der Waals surface area contributed by atoms with Gasteiger partial charge in [0.05, 0.1) is 5.69 Å². The molecule has 1 nitrogen and oxygen atoms in total. The second-order valence-corrected chi connectivity index (χ2v) is 5.06. The number of hydrogen-bond donors (Lipinski definition) is 0. The number of benzene rings is 2. The maximum absolute atomic E-state index is 4.61. The highest BCUT2D eigenvalue weighted by atomic mass is 14.7. The molecule has 3 aromatic rings. The largest absolute Gasteiger partial charge is 0.256 e. The molecular formula is C19H17N. The Morgan fingerprint density at radius 3 is 1.95 bits per heavy atom. The number of pyridine rings is 1. The molecule has 0 aliphatic heterocycles. The van der Waals surface area contributed by atoms with E-state index in [1.54, 1.807) is 0 Å². The molecule has 98 valence electrons. The maximum Gasteiger partial charge on any atom is 0.0702 e. The first-order valence-electron chi connectivity index (χ1n) is 6.84. The Morgan fingerprint density at radius 1 is 0.650 bits per heavy atom. The Bertz CT molecular complexity index is 692. The molecule has 0 amide bonds. The van der Waals surface area contributed by atoms with E-state index in [-0.39, 0.29) is 0 Å². The summed E-state index contributed by atoms with van der Waals surface area (Å²) in [5, 5.41) is 0. The molecule has 1 heterocycles. The molecule has 20 heavy (non-hydrogen) atoms. The molecule has 0 atom stereocenters. The van der Waals surface area contributed by atoms with Gasteiger partial charge >= 0.3 is 0 Å². The minimum absolute atomic E-state index is 1.01.